The molecule has 0 aliphatic carbocycles. The molecule has 33 heavy (non-hydrogen) atoms. The van der Waals surface area contributed by atoms with Crippen LogP contribution in [0, 0.1) is 11.3 Å². The van der Waals surface area contributed by atoms with Crippen LogP contribution >= 0.6 is 0 Å². The van der Waals surface area contributed by atoms with Gasteiger partial charge in [-0.15, -0.1) is 0 Å². The van der Waals surface area contributed by atoms with E-state index >= 15 is 0 Å². The average molecular weight is 472 g/mol. The van der Waals surface area contributed by atoms with Crippen molar-refractivity contribution in [2.45, 2.75) is 18.9 Å². The van der Waals surface area contributed by atoms with E-state index in [4.69, 9.17) is 4.74 Å². The molecule has 1 N–H and O–H groups in total. The number of nitriles is 1. The minimum absolute atomic E-state index is 0.0819. The lowest BCUT2D eigenvalue weighted by molar-refractivity contribution is 0.0705. The van der Waals surface area contributed by atoms with Gasteiger partial charge in [-0.3, -0.25) is 9.36 Å². The number of hydrogen-bond acceptors (Lipinski definition) is 9. The highest BCUT2D eigenvalue weighted by atomic mass is 32.2. The van der Waals surface area contributed by atoms with Crippen molar-refractivity contribution in [3.8, 4) is 17.3 Å². The Labute approximate surface area is 191 Å². The minimum atomic E-state index is -3.45. The third-order valence-corrected chi connectivity index (χ3v) is 7.14. The predicted molar refractivity (Wildman–Crippen MR) is 120 cm³/mol. The van der Waals surface area contributed by atoms with Crippen LogP contribution in [-0.4, -0.2) is 74.3 Å². The van der Waals surface area contributed by atoms with Gasteiger partial charge in [0.1, 0.15) is 5.54 Å². The average Bonchev–Trinajstić information content (AvgIpc) is 3.40. The topological polar surface area (TPSA) is 144 Å². The number of sulfonamides is 1. The van der Waals surface area contributed by atoms with Gasteiger partial charge in [-0.05, 0) is 13.0 Å². The summed E-state index contributed by atoms with van der Waals surface area (Å²) in [6, 6.07) is 3.93. The van der Waals surface area contributed by atoms with Crippen molar-refractivity contribution in [3.63, 3.8) is 0 Å². The number of hydrogen-bond donors (Lipinski definition) is 1. The van der Waals surface area contributed by atoms with Crippen LogP contribution in [0.25, 0.3) is 11.3 Å². The Morgan fingerprint density at radius 3 is 2.79 bits per heavy atom. The highest BCUT2D eigenvalue weighted by Gasteiger charge is 2.50. The molecule has 1 fully saturated rings. The van der Waals surface area contributed by atoms with Gasteiger partial charge in [-0.1, -0.05) is 0 Å². The second-order valence-corrected chi connectivity index (χ2v) is 9.90. The number of rotatable bonds is 10. The molecule has 0 radical (unpaired) electrons. The van der Waals surface area contributed by atoms with Crippen LogP contribution in [0.4, 0.5) is 11.6 Å². The molecule has 0 spiro atoms. The number of aryl methyl sites for hydroxylation is 1. The van der Waals surface area contributed by atoms with E-state index in [1.807, 2.05) is 20.2 Å². The van der Waals surface area contributed by atoms with Gasteiger partial charge in [0, 0.05) is 50.9 Å². The molecule has 0 atom stereocenters. The Bertz CT molecular complexity index is 1260. The number of ether oxygens (including phenoxy) is 1. The number of nitrogens with one attached hydrogen (secondary N) is 1. The molecule has 1 aliphatic rings. The molecule has 1 aliphatic heterocycles. The maximum Gasteiger partial charge on any atom is 0.227 e. The fourth-order valence-electron chi connectivity index (χ4n) is 3.64. The highest BCUT2D eigenvalue weighted by Crippen LogP contribution is 2.35. The molecule has 174 valence electrons. The zero-order chi connectivity index (χ0) is 23.5. The van der Waals surface area contributed by atoms with E-state index < -0.39 is 15.6 Å². The summed E-state index contributed by atoms with van der Waals surface area (Å²) in [5.41, 5.74) is 1.44. The van der Waals surface area contributed by atoms with Gasteiger partial charge in [0.2, 0.25) is 16.0 Å². The molecule has 4 heterocycles. The molecule has 0 saturated carbocycles. The van der Waals surface area contributed by atoms with Gasteiger partial charge in [0.15, 0.2) is 0 Å². The van der Waals surface area contributed by atoms with E-state index in [1.54, 1.807) is 40.2 Å². The molecule has 12 nitrogen and oxygen atoms in total. The predicted octanol–water partition coefficient (Wildman–Crippen LogP) is 1.11. The number of nitrogens with zero attached hydrogens (tertiary/aromatic N) is 8. The van der Waals surface area contributed by atoms with E-state index in [0.29, 0.717) is 18.2 Å². The van der Waals surface area contributed by atoms with E-state index in [-0.39, 0.29) is 31.9 Å². The standard InChI is InChI=1S/C20H25N9O3S/c1-3-32-8-9-33(30,31)28-14-20(15-28,5-6-21)29-12-16(10-24-29)18-4-7-22-19(26-18)25-17-11-23-27(2)13-17/h4,7,10-13H,3,5,8-9,14-15H2,1-2H3,(H,22,25,26). The lowest BCUT2D eigenvalue weighted by Crippen LogP contribution is -2.64. The highest BCUT2D eigenvalue weighted by molar-refractivity contribution is 7.89. The second-order valence-electron chi connectivity index (χ2n) is 7.81. The first-order valence-corrected chi connectivity index (χ1v) is 12.0. The second kappa shape index (κ2) is 9.26. The maximum atomic E-state index is 12.5. The third-order valence-electron chi connectivity index (χ3n) is 5.41. The Morgan fingerprint density at radius 2 is 2.09 bits per heavy atom. The van der Waals surface area contributed by atoms with E-state index in [9.17, 15) is 13.7 Å². The monoisotopic (exact) mass is 471 g/mol. The summed E-state index contributed by atoms with van der Waals surface area (Å²) in [6.07, 6.45) is 8.71. The maximum absolute atomic E-state index is 12.5. The van der Waals surface area contributed by atoms with Crippen LogP contribution in [0.2, 0.25) is 0 Å². The van der Waals surface area contributed by atoms with Crippen molar-refractivity contribution in [2.75, 3.05) is 37.4 Å². The van der Waals surface area contributed by atoms with Crippen LogP contribution in [-0.2, 0) is 27.3 Å². The first-order valence-electron chi connectivity index (χ1n) is 10.4. The van der Waals surface area contributed by atoms with Gasteiger partial charge in [-0.2, -0.15) is 19.8 Å². The summed E-state index contributed by atoms with van der Waals surface area (Å²) in [4.78, 5) is 8.77. The zero-order valence-electron chi connectivity index (χ0n) is 18.4. The molecular weight excluding hydrogens is 446 g/mol. The van der Waals surface area contributed by atoms with Crippen LogP contribution in [0.3, 0.4) is 0 Å². The van der Waals surface area contributed by atoms with Gasteiger partial charge < -0.3 is 10.1 Å². The SMILES string of the molecule is CCOCCS(=O)(=O)N1CC(CC#N)(n2cc(-c3ccnc(Nc4cnn(C)c4)n3)cn2)C1. The van der Waals surface area contributed by atoms with E-state index in [2.05, 4.69) is 31.6 Å². The number of aromatic nitrogens is 6. The summed E-state index contributed by atoms with van der Waals surface area (Å²) in [5.74, 6) is 0.330. The fourth-order valence-corrected chi connectivity index (χ4v) is 5.10. The molecular formula is C20H25N9O3S. The van der Waals surface area contributed by atoms with Crippen molar-refractivity contribution in [1.29, 1.82) is 5.26 Å². The summed E-state index contributed by atoms with van der Waals surface area (Å²) in [7, 11) is -1.63. The molecule has 0 unspecified atom stereocenters. The summed E-state index contributed by atoms with van der Waals surface area (Å²) in [6.45, 7) is 2.81. The van der Waals surface area contributed by atoms with Crippen LogP contribution in [0.1, 0.15) is 13.3 Å². The van der Waals surface area contributed by atoms with Gasteiger partial charge in [-0.25, -0.2) is 18.4 Å². The van der Waals surface area contributed by atoms with Crippen molar-refractivity contribution < 1.29 is 13.2 Å². The Hall–Kier alpha value is -3.34. The summed E-state index contributed by atoms with van der Waals surface area (Å²) >= 11 is 0. The lowest BCUT2D eigenvalue weighted by Gasteiger charge is -2.47. The first kappa shape index (κ1) is 22.8. The van der Waals surface area contributed by atoms with Crippen LogP contribution < -0.4 is 5.32 Å². The van der Waals surface area contributed by atoms with Gasteiger partial charge in [0.05, 0.1) is 48.6 Å². The molecule has 4 rings (SSSR count). The lowest BCUT2D eigenvalue weighted by atomic mass is 9.89. The largest absolute Gasteiger partial charge is 0.381 e. The fraction of sp³-hybridized carbons (Fsp3) is 0.450. The molecule has 0 bridgehead atoms. The Morgan fingerprint density at radius 1 is 1.27 bits per heavy atom. The Balaban J connectivity index is 1.50. The molecule has 3 aromatic rings. The Kier molecular flexibility index (Phi) is 6.41. The smallest absolute Gasteiger partial charge is 0.227 e. The van der Waals surface area contributed by atoms with Crippen molar-refractivity contribution in [2.24, 2.45) is 7.05 Å². The first-order chi connectivity index (χ1) is 15.8. The molecule has 13 heteroatoms. The quantitative estimate of drug-likeness (QED) is 0.430. The van der Waals surface area contributed by atoms with Crippen molar-refractivity contribution >= 4 is 21.7 Å². The normalized spacial score (nSPS) is 15.7. The zero-order valence-corrected chi connectivity index (χ0v) is 19.2. The van der Waals surface area contributed by atoms with Gasteiger partial charge in [0.25, 0.3) is 0 Å². The van der Waals surface area contributed by atoms with Crippen LogP contribution in [0.15, 0.2) is 37.1 Å². The minimum Gasteiger partial charge on any atom is -0.381 e. The van der Waals surface area contributed by atoms with E-state index in [1.165, 1.54) is 4.31 Å². The third kappa shape index (κ3) is 4.87. The van der Waals surface area contributed by atoms with Crippen LogP contribution in [0.5, 0.6) is 0 Å². The summed E-state index contributed by atoms with van der Waals surface area (Å²) in [5, 5.41) is 21.0. The molecule has 3 aromatic heterocycles. The van der Waals surface area contributed by atoms with Gasteiger partial charge >= 0.3 is 0 Å². The molecule has 1 saturated heterocycles. The van der Waals surface area contributed by atoms with E-state index in [0.717, 1.165) is 11.3 Å². The number of anilines is 2. The van der Waals surface area contributed by atoms with Crippen molar-refractivity contribution in [3.05, 3.63) is 37.1 Å². The molecule has 0 aromatic carbocycles. The summed E-state index contributed by atoms with van der Waals surface area (Å²) < 4.78 is 35.0. The van der Waals surface area contributed by atoms with Crippen molar-refractivity contribution in [1.82, 2.24) is 33.8 Å². The molecule has 0 amide bonds.